The summed E-state index contributed by atoms with van der Waals surface area (Å²) in [6, 6.07) is 13.7. The summed E-state index contributed by atoms with van der Waals surface area (Å²) in [4.78, 5) is 0. The third kappa shape index (κ3) is 3.50. The number of anilines is 1. The van der Waals surface area contributed by atoms with Crippen molar-refractivity contribution in [1.29, 1.82) is 5.26 Å². The summed E-state index contributed by atoms with van der Waals surface area (Å²) < 4.78 is 0.941. The summed E-state index contributed by atoms with van der Waals surface area (Å²) in [5.41, 5.74) is 3.58. The third-order valence-electron chi connectivity index (χ3n) is 2.82. The molecule has 19 heavy (non-hydrogen) atoms. The molecule has 0 aromatic heterocycles. The van der Waals surface area contributed by atoms with E-state index in [2.05, 4.69) is 27.3 Å². The Bertz CT molecular complexity index is 647. The predicted molar refractivity (Wildman–Crippen MR) is 82.4 cm³/mol. The second-order valence-electron chi connectivity index (χ2n) is 4.24. The van der Waals surface area contributed by atoms with E-state index in [1.165, 1.54) is 0 Å². The molecule has 2 aromatic rings. The van der Waals surface area contributed by atoms with Crippen molar-refractivity contribution in [3.05, 3.63) is 62.6 Å². The highest BCUT2D eigenvalue weighted by Gasteiger charge is 2.03. The van der Waals surface area contributed by atoms with Gasteiger partial charge in [0.15, 0.2) is 0 Å². The van der Waals surface area contributed by atoms with Crippen LogP contribution in [0.15, 0.2) is 40.9 Å². The molecule has 2 nitrogen and oxygen atoms in total. The van der Waals surface area contributed by atoms with Gasteiger partial charge in [-0.2, -0.15) is 5.26 Å². The lowest BCUT2D eigenvalue weighted by molar-refractivity contribution is 1.14. The predicted octanol–water partition coefficient (Wildman–Crippen LogP) is 4.89. The lowest BCUT2D eigenvalue weighted by Gasteiger charge is -2.09. The topological polar surface area (TPSA) is 35.8 Å². The van der Waals surface area contributed by atoms with E-state index in [-0.39, 0.29) is 0 Å². The minimum absolute atomic E-state index is 0.626. The number of rotatable bonds is 3. The first-order valence-corrected chi connectivity index (χ1v) is 6.96. The van der Waals surface area contributed by atoms with Crippen molar-refractivity contribution in [1.82, 2.24) is 0 Å². The molecule has 0 radical (unpaired) electrons. The van der Waals surface area contributed by atoms with Gasteiger partial charge in [-0.1, -0.05) is 39.7 Å². The fourth-order valence-corrected chi connectivity index (χ4v) is 2.27. The minimum atomic E-state index is 0.626. The van der Waals surface area contributed by atoms with Gasteiger partial charge in [-0.25, -0.2) is 0 Å². The van der Waals surface area contributed by atoms with Crippen molar-refractivity contribution in [2.75, 3.05) is 5.32 Å². The fourth-order valence-electron chi connectivity index (χ4n) is 1.70. The van der Waals surface area contributed by atoms with Gasteiger partial charge in [0.2, 0.25) is 0 Å². The molecule has 1 N–H and O–H groups in total. The molecule has 96 valence electrons. The van der Waals surface area contributed by atoms with Crippen molar-refractivity contribution < 1.29 is 0 Å². The molecule has 0 heterocycles. The molecule has 0 unspecified atom stereocenters. The highest BCUT2D eigenvalue weighted by atomic mass is 79.9. The smallest absolute Gasteiger partial charge is 0.101 e. The van der Waals surface area contributed by atoms with E-state index in [4.69, 9.17) is 16.9 Å². The Morgan fingerprint density at radius 2 is 2.05 bits per heavy atom. The first-order valence-electron chi connectivity index (χ1n) is 5.78. The maximum atomic E-state index is 9.06. The second-order valence-corrected chi connectivity index (χ2v) is 5.56. The van der Waals surface area contributed by atoms with E-state index in [0.717, 1.165) is 26.3 Å². The van der Waals surface area contributed by atoms with Gasteiger partial charge in [0.1, 0.15) is 6.07 Å². The summed E-state index contributed by atoms with van der Waals surface area (Å²) in [5.74, 6) is 0. The fraction of sp³-hybridized carbons (Fsp3) is 0.133. The van der Waals surface area contributed by atoms with Gasteiger partial charge in [-0.15, -0.1) is 0 Å². The zero-order valence-electron chi connectivity index (χ0n) is 10.4. The standard InChI is InChI=1S/C15H12BrClN2/c1-10-2-3-11(6-14(10)17)9-19-15-7-13(16)5-4-12(15)8-18/h2-7,19H,9H2,1H3. The van der Waals surface area contributed by atoms with Crippen molar-refractivity contribution in [3.63, 3.8) is 0 Å². The number of hydrogen-bond acceptors (Lipinski definition) is 2. The van der Waals surface area contributed by atoms with Crippen LogP contribution in [0.5, 0.6) is 0 Å². The van der Waals surface area contributed by atoms with Crippen molar-refractivity contribution in [2.24, 2.45) is 0 Å². The minimum Gasteiger partial charge on any atom is -0.380 e. The molecule has 0 saturated heterocycles. The van der Waals surface area contributed by atoms with Crippen LogP contribution in [0, 0.1) is 18.3 Å². The number of nitrogens with zero attached hydrogens (tertiary/aromatic N) is 1. The van der Waals surface area contributed by atoms with Gasteiger partial charge in [-0.3, -0.25) is 0 Å². The molecule has 0 atom stereocenters. The second kappa shape index (κ2) is 6.10. The first-order chi connectivity index (χ1) is 9.10. The average molecular weight is 336 g/mol. The van der Waals surface area contributed by atoms with Crippen molar-refractivity contribution in [3.8, 4) is 6.07 Å². The normalized spacial score (nSPS) is 10.0. The van der Waals surface area contributed by atoms with Crippen LogP contribution in [-0.2, 0) is 6.54 Å². The first kappa shape index (κ1) is 13.9. The maximum absolute atomic E-state index is 9.06. The molecule has 0 amide bonds. The van der Waals surface area contributed by atoms with Crippen LogP contribution in [0.2, 0.25) is 5.02 Å². The van der Waals surface area contributed by atoms with E-state index < -0.39 is 0 Å². The number of benzene rings is 2. The Morgan fingerprint density at radius 1 is 1.26 bits per heavy atom. The van der Waals surface area contributed by atoms with E-state index >= 15 is 0 Å². The van der Waals surface area contributed by atoms with Crippen LogP contribution in [0.3, 0.4) is 0 Å². The molecule has 2 rings (SSSR count). The highest BCUT2D eigenvalue weighted by molar-refractivity contribution is 9.10. The van der Waals surface area contributed by atoms with Crippen molar-refractivity contribution in [2.45, 2.75) is 13.5 Å². The van der Waals surface area contributed by atoms with Gasteiger partial charge in [0, 0.05) is 16.0 Å². The van der Waals surface area contributed by atoms with Crippen LogP contribution in [0.25, 0.3) is 0 Å². The quantitative estimate of drug-likeness (QED) is 0.866. The Hall–Kier alpha value is -1.50. The summed E-state index contributed by atoms with van der Waals surface area (Å²) in [5, 5.41) is 13.1. The zero-order chi connectivity index (χ0) is 13.8. The zero-order valence-corrected chi connectivity index (χ0v) is 12.7. The number of halogens is 2. The average Bonchev–Trinajstić information content (AvgIpc) is 2.40. The number of nitrogens with one attached hydrogen (secondary N) is 1. The van der Waals surface area contributed by atoms with Crippen molar-refractivity contribution >= 4 is 33.2 Å². The lowest BCUT2D eigenvalue weighted by atomic mass is 10.1. The Labute approximate surface area is 126 Å². The van der Waals surface area contributed by atoms with Gasteiger partial charge >= 0.3 is 0 Å². The Balaban J connectivity index is 2.16. The van der Waals surface area contributed by atoms with Gasteiger partial charge in [0.25, 0.3) is 0 Å². The molecular formula is C15H12BrClN2. The van der Waals surface area contributed by atoms with E-state index in [1.807, 2.05) is 37.3 Å². The van der Waals surface area contributed by atoms with Crippen LogP contribution >= 0.6 is 27.5 Å². The molecule has 0 aliphatic carbocycles. The highest BCUT2D eigenvalue weighted by Crippen LogP contribution is 2.22. The lowest BCUT2D eigenvalue weighted by Crippen LogP contribution is -2.01. The number of aryl methyl sites for hydroxylation is 1. The van der Waals surface area contributed by atoms with E-state index in [0.29, 0.717) is 12.1 Å². The summed E-state index contributed by atoms with van der Waals surface area (Å²) >= 11 is 9.49. The third-order valence-corrected chi connectivity index (χ3v) is 3.72. The van der Waals surface area contributed by atoms with Crippen LogP contribution in [-0.4, -0.2) is 0 Å². The summed E-state index contributed by atoms with van der Waals surface area (Å²) in [6.07, 6.45) is 0. The summed E-state index contributed by atoms with van der Waals surface area (Å²) in [7, 11) is 0. The molecule has 0 saturated carbocycles. The number of hydrogen-bond donors (Lipinski definition) is 1. The van der Waals surface area contributed by atoms with Crippen LogP contribution < -0.4 is 5.32 Å². The SMILES string of the molecule is Cc1ccc(CNc2cc(Br)ccc2C#N)cc1Cl. The van der Waals surface area contributed by atoms with Gasteiger partial charge in [-0.05, 0) is 42.3 Å². The molecule has 4 heteroatoms. The molecule has 0 spiro atoms. The largest absolute Gasteiger partial charge is 0.380 e. The summed E-state index contributed by atoms with van der Waals surface area (Å²) in [6.45, 7) is 2.60. The molecule has 0 fully saturated rings. The Morgan fingerprint density at radius 3 is 2.74 bits per heavy atom. The van der Waals surface area contributed by atoms with Crippen LogP contribution in [0.4, 0.5) is 5.69 Å². The van der Waals surface area contributed by atoms with E-state index in [1.54, 1.807) is 6.07 Å². The van der Waals surface area contributed by atoms with Gasteiger partial charge in [0.05, 0.1) is 11.3 Å². The molecular weight excluding hydrogens is 324 g/mol. The van der Waals surface area contributed by atoms with E-state index in [9.17, 15) is 0 Å². The molecule has 2 aromatic carbocycles. The molecule has 0 aliphatic heterocycles. The number of nitriles is 1. The molecule has 0 bridgehead atoms. The van der Waals surface area contributed by atoms with Crippen LogP contribution in [0.1, 0.15) is 16.7 Å². The van der Waals surface area contributed by atoms with Gasteiger partial charge < -0.3 is 5.32 Å². The molecule has 0 aliphatic rings. The monoisotopic (exact) mass is 334 g/mol. The Kier molecular flexibility index (Phi) is 4.47. The maximum Gasteiger partial charge on any atom is 0.101 e.